The van der Waals surface area contributed by atoms with Gasteiger partial charge in [-0.2, -0.15) is 0 Å². The van der Waals surface area contributed by atoms with Gasteiger partial charge in [0.1, 0.15) is 0 Å². The SMILES string of the molecule is CCCN1C(=O)S/C(=C/c2cccc(OCC)c2O)C1=O. The second kappa shape index (κ2) is 6.67. The topological polar surface area (TPSA) is 66.8 Å². The van der Waals surface area contributed by atoms with Crippen molar-refractivity contribution in [3.63, 3.8) is 0 Å². The highest BCUT2D eigenvalue weighted by Crippen LogP contribution is 2.36. The first-order valence-electron chi connectivity index (χ1n) is 6.78. The van der Waals surface area contributed by atoms with E-state index in [1.54, 1.807) is 18.2 Å². The van der Waals surface area contributed by atoms with Crippen LogP contribution in [0.1, 0.15) is 25.8 Å². The Morgan fingerprint density at radius 2 is 2.10 bits per heavy atom. The summed E-state index contributed by atoms with van der Waals surface area (Å²) in [6.45, 7) is 4.57. The zero-order valence-electron chi connectivity index (χ0n) is 12.0. The molecule has 1 fully saturated rings. The number of phenols is 1. The molecule has 1 heterocycles. The zero-order chi connectivity index (χ0) is 15.4. The van der Waals surface area contributed by atoms with E-state index >= 15 is 0 Å². The molecule has 0 saturated carbocycles. The molecular weight excluding hydrogens is 290 g/mol. The van der Waals surface area contributed by atoms with Gasteiger partial charge in [0, 0.05) is 12.1 Å². The Morgan fingerprint density at radius 3 is 2.76 bits per heavy atom. The molecular formula is C15H17NO4S. The number of amides is 2. The lowest BCUT2D eigenvalue weighted by Gasteiger charge is -2.10. The van der Waals surface area contributed by atoms with Crippen molar-refractivity contribution >= 4 is 29.0 Å². The summed E-state index contributed by atoms with van der Waals surface area (Å²) in [4.78, 5) is 25.4. The Balaban J connectivity index is 2.30. The lowest BCUT2D eigenvalue weighted by molar-refractivity contribution is -0.122. The minimum Gasteiger partial charge on any atom is -0.504 e. The number of aromatic hydroxyl groups is 1. The third-order valence-corrected chi connectivity index (χ3v) is 3.84. The number of thioether (sulfide) groups is 1. The van der Waals surface area contributed by atoms with Crippen molar-refractivity contribution in [2.24, 2.45) is 0 Å². The summed E-state index contributed by atoms with van der Waals surface area (Å²) in [6.07, 6.45) is 2.24. The number of imide groups is 1. The Labute approximate surface area is 127 Å². The predicted molar refractivity (Wildman–Crippen MR) is 82.2 cm³/mol. The molecule has 0 bridgehead atoms. The van der Waals surface area contributed by atoms with E-state index in [1.165, 1.54) is 11.0 Å². The smallest absolute Gasteiger partial charge is 0.293 e. The fourth-order valence-corrected chi connectivity index (χ4v) is 2.84. The Morgan fingerprint density at radius 1 is 1.33 bits per heavy atom. The van der Waals surface area contributed by atoms with Crippen LogP contribution in [0.3, 0.4) is 0 Å². The number of hydrogen-bond donors (Lipinski definition) is 1. The highest BCUT2D eigenvalue weighted by atomic mass is 32.2. The van der Waals surface area contributed by atoms with Crippen molar-refractivity contribution in [1.82, 2.24) is 4.90 Å². The lowest BCUT2D eigenvalue weighted by atomic mass is 10.1. The normalized spacial score (nSPS) is 16.9. The van der Waals surface area contributed by atoms with E-state index in [1.807, 2.05) is 13.8 Å². The zero-order valence-corrected chi connectivity index (χ0v) is 12.8. The maximum atomic E-state index is 12.1. The number of nitrogens with zero attached hydrogens (tertiary/aromatic N) is 1. The lowest BCUT2D eigenvalue weighted by Crippen LogP contribution is -2.28. The molecule has 0 unspecified atom stereocenters. The number of benzene rings is 1. The molecule has 21 heavy (non-hydrogen) atoms. The average molecular weight is 307 g/mol. The molecule has 112 valence electrons. The minimum atomic E-state index is -0.312. The standard InChI is InChI=1S/C15H17NO4S/c1-3-8-16-14(18)12(21-15(16)19)9-10-6-5-7-11(13(10)17)20-4-2/h5-7,9,17H,3-4,8H2,1-2H3/b12-9+. The second-order valence-corrected chi connectivity index (χ2v) is 5.45. The first-order chi connectivity index (χ1) is 10.1. The molecule has 1 aliphatic rings. The monoisotopic (exact) mass is 307 g/mol. The van der Waals surface area contributed by atoms with Gasteiger partial charge in [0.25, 0.3) is 11.1 Å². The van der Waals surface area contributed by atoms with Crippen LogP contribution in [0.25, 0.3) is 6.08 Å². The summed E-state index contributed by atoms with van der Waals surface area (Å²) in [7, 11) is 0. The maximum absolute atomic E-state index is 12.1. The molecule has 2 rings (SSSR count). The third kappa shape index (κ3) is 3.21. The van der Waals surface area contributed by atoms with E-state index in [-0.39, 0.29) is 16.9 Å². The van der Waals surface area contributed by atoms with Crippen molar-refractivity contribution < 1.29 is 19.4 Å². The molecule has 1 aromatic carbocycles. The molecule has 1 saturated heterocycles. The summed E-state index contributed by atoms with van der Waals surface area (Å²) in [5.41, 5.74) is 0.461. The minimum absolute atomic E-state index is 0.0263. The molecule has 6 heteroatoms. The summed E-state index contributed by atoms with van der Waals surface area (Å²) < 4.78 is 5.30. The Hall–Kier alpha value is -1.95. The fourth-order valence-electron chi connectivity index (χ4n) is 1.99. The molecule has 1 N–H and O–H groups in total. The van der Waals surface area contributed by atoms with Crippen LogP contribution in [0.2, 0.25) is 0 Å². The molecule has 1 aromatic rings. The molecule has 0 aliphatic carbocycles. The van der Waals surface area contributed by atoms with E-state index in [9.17, 15) is 14.7 Å². The third-order valence-electron chi connectivity index (χ3n) is 2.94. The van der Waals surface area contributed by atoms with Crippen LogP contribution in [-0.2, 0) is 4.79 Å². The number of carbonyl (C=O) groups is 2. The van der Waals surface area contributed by atoms with E-state index in [2.05, 4.69) is 0 Å². The van der Waals surface area contributed by atoms with E-state index in [0.717, 1.165) is 18.2 Å². The van der Waals surface area contributed by atoms with Crippen molar-refractivity contribution in [2.75, 3.05) is 13.2 Å². The van der Waals surface area contributed by atoms with Crippen LogP contribution in [0, 0.1) is 0 Å². The van der Waals surface area contributed by atoms with E-state index < -0.39 is 0 Å². The van der Waals surface area contributed by atoms with Crippen LogP contribution in [0.15, 0.2) is 23.1 Å². The van der Waals surface area contributed by atoms with Crippen LogP contribution in [0.5, 0.6) is 11.5 Å². The van der Waals surface area contributed by atoms with Gasteiger partial charge in [0.2, 0.25) is 0 Å². The molecule has 0 aromatic heterocycles. The van der Waals surface area contributed by atoms with Gasteiger partial charge in [0.05, 0.1) is 11.5 Å². The largest absolute Gasteiger partial charge is 0.504 e. The maximum Gasteiger partial charge on any atom is 0.293 e. The molecule has 0 radical (unpaired) electrons. The van der Waals surface area contributed by atoms with Gasteiger partial charge in [-0.1, -0.05) is 19.1 Å². The van der Waals surface area contributed by atoms with Crippen LogP contribution >= 0.6 is 11.8 Å². The first-order valence-corrected chi connectivity index (χ1v) is 7.60. The van der Waals surface area contributed by atoms with Gasteiger partial charge in [0.15, 0.2) is 11.5 Å². The van der Waals surface area contributed by atoms with Gasteiger partial charge in [-0.3, -0.25) is 14.5 Å². The van der Waals surface area contributed by atoms with Gasteiger partial charge in [-0.15, -0.1) is 0 Å². The summed E-state index contributed by atoms with van der Waals surface area (Å²) in [5, 5.41) is 9.84. The number of ether oxygens (including phenoxy) is 1. The second-order valence-electron chi connectivity index (χ2n) is 4.46. The summed E-state index contributed by atoms with van der Waals surface area (Å²) >= 11 is 0.891. The van der Waals surface area contributed by atoms with Gasteiger partial charge in [-0.25, -0.2) is 0 Å². The van der Waals surface area contributed by atoms with Gasteiger partial charge < -0.3 is 9.84 Å². The quantitative estimate of drug-likeness (QED) is 0.846. The van der Waals surface area contributed by atoms with Crippen molar-refractivity contribution in [3.05, 3.63) is 28.7 Å². The molecule has 5 nitrogen and oxygen atoms in total. The van der Waals surface area contributed by atoms with Crippen molar-refractivity contribution in [3.8, 4) is 11.5 Å². The molecule has 0 atom stereocenters. The predicted octanol–water partition coefficient (Wildman–Crippen LogP) is 3.24. The first kappa shape index (κ1) is 15.4. The number of hydrogen-bond acceptors (Lipinski definition) is 5. The molecule has 1 aliphatic heterocycles. The van der Waals surface area contributed by atoms with Crippen LogP contribution < -0.4 is 4.74 Å². The number of rotatable bonds is 5. The fraction of sp³-hybridized carbons (Fsp3) is 0.333. The van der Waals surface area contributed by atoms with E-state index in [4.69, 9.17) is 4.74 Å². The average Bonchev–Trinajstić information content (AvgIpc) is 2.71. The van der Waals surface area contributed by atoms with Crippen LogP contribution in [0.4, 0.5) is 4.79 Å². The summed E-state index contributed by atoms with van der Waals surface area (Å²) in [5.74, 6) is 0.0220. The molecule has 2 amide bonds. The van der Waals surface area contributed by atoms with Gasteiger partial charge in [-0.05, 0) is 37.2 Å². The highest BCUT2D eigenvalue weighted by Gasteiger charge is 2.34. The van der Waals surface area contributed by atoms with Gasteiger partial charge >= 0.3 is 0 Å². The van der Waals surface area contributed by atoms with Crippen molar-refractivity contribution in [1.29, 1.82) is 0 Å². The molecule has 0 spiro atoms. The summed E-state index contributed by atoms with van der Waals surface area (Å²) in [6, 6.07) is 5.05. The Kier molecular flexibility index (Phi) is 4.90. The van der Waals surface area contributed by atoms with Crippen LogP contribution in [-0.4, -0.2) is 34.3 Å². The number of para-hydroxylation sites is 1. The van der Waals surface area contributed by atoms with E-state index in [0.29, 0.717) is 29.4 Å². The highest BCUT2D eigenvalue weighted by molar-refractivity contribution is 8.18. The number of phenolic OH excluding ortho intramolecular Hbond substituents is 1. The number of carbonyl (C=O) groups excluding carboxylic acids is 2. The Bertz CT molecular complexity index is 597. The van der Waals surface area contributed by atoms with Crippen molar-refractivity contribution in [2.45, 2.75) is 20.3 Å².